The molecule has 2 aliphatic rings. The molecule has 1 atom stereocenters. The molecule has 0 aliphatic carbocycles. The minimum atomic E-state index is -0.100. The van der Waals surface area contributed by atoms with E-state index < -0.39 is 0 Å². The van der Waals surface area contributed by atoms with Gasteiger partial charge in [-0.1, -0.05) is 5.16 Å². The van der Waals surface area contributed by atoms with Crippen LogP contribution in [0.5, 0.6) is 5.75 Å². The molecule has 162 valence electrons. The van der Waals surface area contributed by atoms with Crippen molar-refractivity contribution in [1.29, 1.82) is 0 Å². The first-order valence-electron chi connectivity index (χ1n) is 10.9. The molecular weight excluding hydrogens is 394 g/mol. The molecule has 2 aromatic heterocycles. The van der Waals surface area contributed by atoms with Crippen molar-refractivity contribution >= 4 is 17.0 Å². The van der Waals surface area contributed by atoms with E-state index in [1.54, 1.807) is 7.11 Å². The summed E-state index contributed by atoms with van der Waals surface area (Å²) >= 11 is 0. The van der Waals surface area contributed by atoms with E-state index in [1.807, 2.05) is 30.3 Å². The predicted octanol–water partition coefficient (Wildman–Crippen LogP) is 2.80. The van der Waals surface area contributed by atoms with Gasteiger partial charge in [-0.2, -0.15) is 0 Å². The monoisotopic (exact) mass is 421 g/mol. The highest BCUT2D eigenvalue weighted by molar-refractivity contribution is 6.07. The number of rotatable bonds is 5. The van der Waals surface area contributed by atoms with Gasteiger partial charge < -0.3 is 25.2 Å². The number of methoxy groups -OCH3 is 1. The van der Waals surface area contributed by atoms with E-state index in [0.29, 0.717) is 22.4 Å². The zero-order valence-electron chi connectivity index (χ0n) is 17.6. The second kappa shape index (κ2) is 8.64. The van der Waals surface area contributed by atoms with Gasteiger partial charge in [-0.3, -0.25) is 4.79 Å². The Morgan fingerprint density at radius 1 is 1.16 bits per heavy atom. The number of amides is 1. The lowest BCUT2D eigenvalue weighted by atomic mass is 10.0. The molecule has 1 unspecified atom stereocenters. The molecule has 0 bridgehead atoms. The van der Waals surface area contributed by atoms with Crippen LogP contribution in [0.1, 0.15) is 47.8 Å². The third-order valence-electron chi connectivity index (χ3n) is 6.17. The van der Waals surface area contributed by atoms with Crippen LogP contribution >= 0.6 is 0 Å². The second-order valence-corrected chi connectivity index (χ2v) is 8.18. The Bertz CT molecular complexity index is 1070. The highest BCUT2D eigenvalue weighted by atomic mass is 16.5. The van der Waals surface area contributed by atoms with Crippen LogP contribution in [0.15, 0.2) is 34.9 Å². The van der Waals surface area contributed by atoms with Gasteiger partial charge in [0, 0.05) is 11.6 Å². The maximum atomic E-state index is 13.4. The third kappa shape index (κ3) is 4.00. The molecule has 4 heterocycles. The van der Waals surface area contributed by atoms with E-state index in [-0.39, 0.29) is 18.0 Å². The van der Waals surface area contributed by atoms with Crippen molar-refractivity contribution in [3.63, 3.8) is 0 Å². The van der Waals surface area contributed by atoms with Gasteiger partial charge in [0.2, 0.25) is 0 Å². The first kappa shape index (κ1) is 20.0. The summed E-state index contributed by atoms with van der Waals surface area (Å²) in [5, 5.41) is 15.0. The van der Waals surface area contributed by atoms with E-state index >= 15 is 0 Å². The Morgan fingerprint density at radius 3 is 2.68 bits per heavy atom. The molecule has 0 radical (unpaired) electrons. The summed E-state index contributed by atoms with van der Waals surface area (Å²) in [6, 6.07) is 9.72. The van der Waals surface area contributed by atoms with Crippen LogP contribution in [-0.4, -0.2) is 48.8 Å². The fourth-order valence-electron chi connectivity index (χ4n) is 4.45. The maximum absolute atomic E-state index is 13.4. The Labute approximate surface area is 180 Å². The molecule has 31 heavy (non-hydrogen) atoms. The van der Waals surface area contributed by atoms with Gasteiger partial charge in [-0.15, -0.1) is 0 Å². The van der Waals surface area contributed by atoms with Crippen LogP contribution in [-0.2, 0) is 0 Å². The van der Waals surface area contributed by atoms with Gasteiger partial charge in [0.25, 0.3) is 11.6 Å². The topological polar surface area (TPSA) is 101 Å². The van der Waals surface area contributed by atoms with E-state index in [0.717, 1.165) is 62.3 Å². The van der Waals surface area contributed by atoms with Crippen molar-refractivity contribution in [3.05, 3.63) is 41.6 Å². The van der Waals surface area contributed by atoms with E-state index in [1.165, 1.54) is 0 Å². The first-order valence-corrected chi connectivity index (χ1v) is 10.9. The van der Waals surface area contributed by atoms with Crippen LogP contribution in [0.4, 0.5) is 0 Å². The third-order valence-corrected chi connectivity index (χ3v) is 6.17. The maximum Gasteiger partial charge on any atom is 0.259 e. The van der Waals surface area contributed by atoms with Gasteiger partial charge in [-0.25, -0.2) is 4.98 Å². The molecule has 2 saturated heterocycles. The molecular formula is C23H27N5O3. The minimum Gasteiger partial charge on any atom is -0.497 e. The Morgan fingerprint density at radius 2 is 1.97 bits per heavy atom. The number of nitrogens with one attached hydrogen (secondary N) is 3. The number of hydrogen-bond donors (Lipinski definition) is 3. The number of hydrogen-bond acceptors (Lipinski definition) is 7. The Kier molecular flexibility index (Phi) is 5.57. The lowest BCUT2D eigenvalue weighted by molar-refractivity contribution is 0.0931. The van der Waals surface area contributed by atoms with Crippen molar-refractivity contribution in [2.45, 2.75) is 37.8 Å². The fraction of sp³-hybridized carbons (Fsp3) is 0.435. The van der Waals surface area contributed by atoms with Crippen LogP contribution in [0, 0.1) is 0 Å². The lowest BCUT2D eigenvalue weighted by Crippen LogP contribution is -2.42. The number of pyridine rings is 1. The number of piperidine rings is 1. The number of carbonyl (C=O) groups is 1. The van der Waals surface area contributed by atoms with E-state index in [2.05, 4.69) is 21.1 Å². The standard InChI is InChI=1S/C23H27N5O3/c1-30-16-6-4-14(5-7-16)19-13-17(22(29)26-15-8-11-24-12-9-15)20-21(18-3-2-10-25-18)28-31-23(20)27-19/h4-7,13,15,18,24-25H,2-3,8-12H2,1H3,(H,26,29). The molecule has 2 aliphatic heterocycles. The first-order chi connectivity index (χ1) is 15.2. The van der Waals surface area contributed by atoms with Crippen molar-refractivity contribution in [3.8, 4) is 17.0 Å². The fourth-order valence-corrected chi connectivity index (χ4v) is 4.45. The molecule has 5 rings (SSSR count). The molecule has 0 spiro atoms. The van der Waals surface area contributed by atoms with Gasteiger partial charge in [0.05, 0.1) is 29.8 Å². The molecule has 8 heteroatoms. The van der Waals surface area contributed by atoms with Crippen LogP contribution in [0.2, 0.25) is 0 Å². The number of nitrogens with zero attached hydrogens (tertiary/aromatic N) is 2. The molecule has 1 aromatic carbocycles. The largest absolute Gasteiger partial charge is 0.497 e. The van der Waals surface area contributed by atoms with Crippen molar-refractivity contribution in [2.75, 3.05) is 26.7 Å². The number of carbonyl (C=O) groups excluding carboxylic acids is 1. The molecule has 3 aromatic rings. The second-order valence-electron chi connectivity index (χ2n) is 8.18. The van der Waals surface area contributed by atoms with Crippen molar-refractivity contribution < 1.29 is 14.1 Å². The van der Waals surface area contributed by atoms with Crippen molar-refractivity contribution in [2.24, 2.45) is 0 Å². The lowest BCUT2D eigenvalue weighted by Gasteiger charge is -2.24. The van der Waals surface area contributed by atoms with Gasteiger partial charge in [-0.05, 0) is 75.6 Å². The molecule has 2 fully saturated rings. The normalized spacial score (nSPS) is 19.6. The van der Waals surface area contributed by atoms with Crippen LogP contribution in [0.3, 0.4) is 0 Å². The summed E-state index contributed by atoms with van der Waals surface area (Å²) in [7, 11) is 1.63. The van der Waals surface area contributed by atoms with Gasteiger partial charge in [0.1, 0.15) is 11.4 Å². The summed E-state index contributed by atoms with van der Waals surface area (Å²) < 4.78 is 10.9. The number of fused-ring (bicyclic) bond motifs is 1. The Balaban J connectivity index is 1.57. The minimum absolute atomic E-state index is 0.0836. The summed E-state index contributed by atoms with van der Waals surface area (Å²) in [5.74, 6) is 0.666. The summed E-state index contributed by atoms with van der Waals surface area (Å²) in [6.07, 6.45) is 3.89. The highest BCUT2D eigenvalue weighted by Gasteiger charge is 2.28. The zero-order chi connectivity index (χ0) is 21.2. The Hall–Kier alpha value is -2.97. The average molecular weight is 422 g/mol. The van der Waals surface area contributed by atoms with Gasteiger partial charge in [0.15, 0.2) is 0 Å². The summed E-state index contributed by atoms with van der Waals surface area (Å²) in [6.45, 7) is 2.77. The smallest absolute Gasteiger partial charge is 0.259 e. The SMILES string of the molecule is COc1ccc(-c2cc(C(=O)NC3CCNCC3)c3c(C4CCCN4)noc3n2)cc1. The molecule has 0 saturated carbocycles. The molecule has 8 nitrogen and oxygen atoms in total. The molecule has 1 amide bonds. The quantitative estimate of drug-likeness (QED) is 0.582. The van der Waals surface area contributed by atoms with E-state index in [4.69, 9.17) is 14.2 Å². The highest BCUT2D eigenvalue weighted by Crippen LogP contribution is 2.33. The van der Waals surface area contributed by atoms with Crippen molar-refractivity contribution in [1.82, 2.24) is 26.1 Å². The number of aromatic nitrogens is 2. The number of ether oxygens (including phenoxy) is 1. The number of benzene rings is 1. The average Bonchev–Trinajstić information content (AvgIpc) is 3.49. The van der Waals surface area contributed by atoms with Crippen LogP contribution in [0.25, 0.3) is 22.4 Å². The predicted molar refractivity (Wildman–Crippen MR) is 117 cm³/mol. The summed E-state index contributed by atoms with van der Waals surface area (Å²) in [5.41, 5.74) is 3.30. The van der Waals surface area contributed by atoms with Gasteiger partial charge >= 0.3 is 0 Å². The molecule has 3 N–H and O–H groups in total. The zero-order valence-corrected chi connectivity index (χ0v) is 17.6. The van der Waals surface area contributed by atoms with E-state index in [9.17, 15) is 4.79 Å². The summed E-state index contributed by atoms with van der Waals surface area (Å²) in [4.78, 5) is 18.1. The van der Waals surface area contributed by atoms with Crippen LogP contribution < -0.4 is 20.7 Å².